The van der Waals surface area contributed by atoms with Gasteiger partial charge in [0.25, 0.3) is 5.91 Å². The monoisotopic (exact) mass is 272 g/mol. The molecule has 1 unspecified atom stereocenters. The molecular weight excluding hydrogens is 248 g/mol. The zero-order valence-corrected chi connectivity index (χ0v) is 11.6. The Labute approximate surface area is 113 Å². The zero-order chi connectivity index (χ0) is 14.3. The van der Waals surface area contributed by atoms with E-state index in [-0.39, 0.29) is 17.9 Å². The molecule has 1 saturated heterocycles. The lowest BCUT2D eigenvalue weighted by Gasteiger charge is -2.36. The van der Waals surface area contributed by atoms with Gasteiger partial charge in [0.2, 0.25) is 5.91 Å². The lowest BCUT2D eigenvalue weighted by Crippen LogP contribution is -2.54. The fourth-order valence-corrected chi connectivity index (χ4v) is 2.36. The molecular formula is C12H24N4O3. The van der Waals surface area contributed by atoms with Gasteiger partial charge >= 0.3 is 0 Å². The third-order valence-electron chi connectivity index (χ3n) is 3.50. The van der Waals surface area contributed by atoms with Crippen molar-refractivity contribution in [3.8, 4) is 0 Å². The number of ether oxygens (including phenoxy) is 1. The molecule has 1 aliphatic rings. The molecule has 7 heteroatoms. The number of carbonyl (C=O) groups is 2. The molecule has 7 nitrogen and oxygen atoms in total. The van der Waals surface area contributed by atoms with Crippen molar-refractivity contribution >= 4 is 11.8 Å². The Kier molecular flexibility index (Phi) is 6.75. The van der Waals surface area contributed by atoms with E-state index >= 15 is 0 Å². The number of nitrogens with two attached hydrogens (primary N) is 1. The van der Waals surface area contributed by atoms with E-state index in [1.807, 2.05) is 0 Å². The summed E-state index contributed by atoms with van der Waals surface area (Å²) >= 11 is 0. The summed E-state index contributed by atoms with van der Waals surface area (Å²) in [4.78, 5) is 24.6. The summed E-state index contributed by atoms with van der Waals surface area (Å²) in [7, 11) is 1.57. The van der Waals surface area contributed by atoms with Crippen LogP contribution in [0.3, 0.4) is 0 Å². The maximum Gasteiger partial charge on any atom is 0.253 e. The van der Waals surface area contributed by atoms with Crippen molar-refractivity contribution in [1.29, 1.82) is 0 Å². The number of nitrogens with one attached hydrogen (secondary N) is 2. The second-order valence-corrected chi connectivity index (χ2v) is 4.90. The molecule has 0 aromatic heterocycles. The van der Waals surface area contributed by atoms with Crippen LogP contribution in [0, 0.1) is 5.92 Å². The molecule has 19 heavy (non-hydrogen) atoms. The Bertz CT molecular complexity index is 303. The van der Waals surface area contributed by atoms with Crippen LogP contribution in [0.5, 0.6) is 0 Å². The molecule has 1 aliphatic heterocycles. The van der Waals surface area contributed by atoms with Gasteiger partial charge in [0.1, 0.15) is 6.04 Å². The van der Waals surface area contributed by atoms with Crippen molar-refractivity contribution in [2.75, 3.05) is 33.4 Å². The highest BCUT2D eigenvalue weighted by molar-refractivity contribution is 5.81. The van der Waals surface area contributed by atoms with E-state index in [4.69, 9.17) is 10.6 Å². The minimum atomic E-state index is -0.336. The maximum atomic E-state index is 11.7. The average molecular weight is 272 g/mol. The van der Waals surface area contributed by atoms with Crippen LogP contribution < -0.4 is 16.6 Å². The van der Waals surface area contributed by atoms with Gasteiger partial charge < -0.3 is 10.1 Å². The minimum Gasteiger partial charge on any atom is -0.383 e. The van der Waals surface area contributed by atoms with E-state index in [0.29, 0.717) is 19.1 Å². The van der Waals surface area contributed by atoms with Gasteiger partial charge in [-0.2, -0.15) is 0 Å². The summed E-state index contributed by atoms with van der Waals surface area (Å²) < 4.78 is 5.07. The summed E-state index contributed by atoms with van der Waals surface area (Å²) in [5.41, 5.74) is 2.18. The molecule has 0 bridgehead atoms. The van der Waals surface area contributed by atoms with Crippen LogP contribution >= 0.6 is 0 Å². The number of carbonyl (C=O) groups excluding carboxylic acids is 2. The molecule has 0 radical (unpaired) electrons. The number of hydrazine groups is 1. The summed E-state index contributed by atoms with van der Waals surface area (Å²) in [6.07, 6.45) is 1.91. The van der Waals surface area contributed by atoms with E-state index in [0.717, 1.165) is 25.9 Å². The second-order valence-electron chi connectivity index (χ2n) is 4.90. The van der Waals surface area contributed by atoms with Crippen molar-refractivity contribution in [3.63, 3.8) is 0 Å². The first-order valence-electron chi connectivity index (χ1n) is 6.56. The molecule has 1 heterocycles. The van der Waals surface area contributed by atoms with Gasteiger partial charge in [0.05, 0.1) is 6.61 Å². The third kappa shape index (κ3) is 5.14. The van der Waals surface area contributed by atoms with Crippen LogP contribution in [0.25, 0.3) is 0 Å². The van der Waals surface area contributed by atoms with E-state index < -0.39 is 0 Å². The molecule has 0 aromatic rings. The number of nitrogens with zero attached hydrogens (tertiary/aromatic N) is 1. The molecule has 110 valence electrons. The number of amides is 2. The molecule has 0 saturated carbocycles. The summed E-state index contributed by atoms with van der Waals surface area (Å²) in [6, 6.07) is -0.336. The van der Waals surface area contributed by atoms with Gasteiger partial charge in [-0.3, -0.25) is 19.9 Å². The predicted octanol–water partition coefficient (Wildman–Crippen LogP) is -1.16. The maximum absolute atomic E-state index is 11.7. The van der Waals surface area contributed by atoms with Gasteiger partial charge in [-0.1, -0.05) is 0 Å². The largest absolute Gasteiger partial charge is 0.383 e. The third-order valence-corrected chi connectivity index (χ3v) is 3.50. The van der Waals surface area contributed by atoms with Crippen LogP contribution in [0.1, 0.15) is 19.8 Å². The molecule has 0 spiro atoms. The van der Waals surface area contributed by atoms with Crippen LogP contribution in [0.2, 0.25) is 0 Å². The average Bonchev–Trinajstić information content (AvgIpc) is 2.42. The standard InChI is InChI=1S/C12H24N4O3/c1-9(17)14-7-10-3-5-16(6-4-10)11(8-19-2)12(18)15-13/h10-11H,3-8,13H2,1-2H3,(H,14,17)(H,15,18). The van der Waals surface area contributed by atoms with E-state index in [1.165, 1.54) is 6.92 Å². The first-order chi connectivity index (χ1) is 9.08. The van der Waals surface area contributed by atoms with Crippen molar-refractivity contribution in [3.05, 3.63) is 0 Å². The first kappa shape index (κ1) is 15.9. The van der Waals surface area contributed by atoms with Crippen molar-refractivity contribution < 1.29 is 14.3 Å². The second kappa shape index (κ2) is 8.08. The SMILES string of the molecule is COCC(C(=O)NN)N1CCC(CNC(C)=O)CC1. The number of likely N-dealkylation sites (tertiary alicyclic amines) is 1. The minimum absolute atomic E-state index is 0.00204. The molecule has 1 atom stereocenters. The molecule has 0 aliphatic carbocycles. The lowest BCUT2D eigenvalue weighted by molar-refractivity contribution is -0.129. The van der Waals surface area contributed by atoms with Gasteiger partial charge in [-0.05, 0) is 31.8 Å². The molecule has 1 fully saturated rings. The number of piperidine rings is 1. The normalized spacial score (nSPS) is 18.9. The van der Waals surface area contributed by atoms with Crippen molar-refractivity contribution in [2.24, 2.45) is 11.8 Å². The Morgan fingerprint density at radius 1 is 1.42 bits per heavy atom. The van der Waals surface area contributed by atoms with Gasteiger partial charge in [0.15, 0.2) is 0 Å². The highest BCUT2D eigenvalue weighted by atomic mass is 16.5. The van der Waals surface area contributed by atoms with Gasteiger partial charge in [-0.15, -0.1) is 0 Å². The Morgan fingerprint density at radius 3 is 2.53 bits per heavy atom. The van der Waals surface area contributed by atoms with Crippen LogP contribution in [-0.4, -0.2) is 56.1 Å². The van der Waals surface area contributed by atoms with Crippen molar-refractivity contribution in [1.82, 2.24) is 15.6 Å². The fraction of sp³-hybridized carbons (Fsp3) is 0.833. The van der Waals surface area contributed by atoms with Crippen molar-refractivity contribution in [2.45, 2.75) is 25.8 Å². The quantitative estimate of drug-likeness (QED) is 0.322. The highest BCUT2D eigenvalue weighted by Gasteiger charge is 2.29. The predicted molar refractivity (Wildman–Crippen MR) is 71.0 cm³/mol. The fourth-order valence-electron chi connectivity index (χ4n) is 2.36. The van der Waals surface area contributed by atoms with Gasteiger partial charge in [-0.25, -0.2) is 5.84 Å². The Balaban J connectivity index is 2.41. The molecule has 2 amide bonds. The number of hydrogen-bond acceptors (Lipinski definition) is 5. The summed E-state index contributed by atoms with van der Waals surface area (Å²) in [5.74, 6) is 5.45. The summed E-state index contributed by atoms with van der Waals surface area (Å²) in [5, 5.41) is 2.84. The molecule has 4 N–H and O–H groups in total. The highest BCUT2D eigenvalue weighted by Crippen LogP contribution is 2.18. The van der Waals surface area contributed by atoms with Gasteiger partial charge in [0, 0.05) is 20.6 Å². The first-order valence-corrected chi connectivity index (χ1v) is 6.56. The van der Waals surface area contributed by atoms with Crippen LogP contribution in [0.4, 0.5) is 0 Å². The summed E-state index contributed by atoms with van der Waals surface area (Å²) in [6.45, 7) is 4.19. The topological polar surface area (TPSA) is 96.7 Å². The lowest BCUT2D eigenvalue weighted by atomic mass is 9.95. The van der Waals surface area contributed by atoms with Crippen LogP contribution in [-0.2, 0) is 14.3 Å². The van der Waals surface area contributed by atoms with Crippen LogP contribution in [0.15, 0.2) is 0 Å². The zero-order valence-electron chi connectivity index (χ0n) is 11.6. The van der Waals surface area contributed by atoms with E-state index in [9.17, 15) is 9.59 Å². The molecule has 1 rings (SSSR count). The van der Waals surface area contributed by atoms with E-state index in [2.05, 4.69) is 15.6 Å². The Morgan fingerprint density at radius 2 is 2.05 bits per heavy atom. The number of hydrogen-bond donors (Lipinski definition) is 3. The van der Waals surface area contributed by atoms with E-state index in [1.54, 1.807) is 7.11 Å². The number of rotatable bonds is 6. The molecule has 0 aromatic carbocycles. The smallest absolute Gasteiger partial charge is 0.253 e. The Hall–Kier alpha value is -1.18. The number of methoxy groups -OCH3 is 1.